The van der Waals surface area contributed by atoms with Gasteiger partial charge >= 0.3 is 6.03 Å². The molecular weight excluding hydrogens is 275 g/mol. The van der Waals surface area contributed by atoms with Crippen LogP contribution in [-0.4, -0.2) is 60.3 Å². The fourth-order valence-electron chi connectivity index (χ4n) is 2.21. The van der Waals surface area contributed by atoms with Gasteiger partial charge in [0.1, 0.15) is 11.9 Å². The molecule has 0 saturated carbocycles. The van der Waals surface area contributed by atoms with Crippen molar-refractivity contribution < 1.29 is 14.3 Å². The normalized spacial score (nSPS) is 15.6. The molecule has 0 bridgehead atoms. The quantitative estimate of drug-likeness (QED) is 0.865. The second kappa shape index (κ2) is 7.02. The summed E-state index contributed by atoms with van der Waals surface area (Å²) >= 11 is 0. The van der Waals surface area contributed by atoms with Crippen LogP contribution in [0.2, 0.25) is 0 Å². The summed E-state index contributed by atoms with van der Waals surface area (Å²) in [5.74, 6) is -0.604. The van der Waals surface area contributed by atoms with E-state index in [-0.39, 0.29) is 18.2 Å². The van der Waals surface area contributed by atoms with Crippen LogP contribution in [-0.2, 0) is 0 Å². The zero-order valence-corrected chi connectivity index (χ0v) is 11.5. The van der Waals surface area contributed by atoms with E-state index in [0.29, 0.717) is 38.4 Å². The summed E-state index contributed by atoms with van der Waals surface area (Å²) in [6.07, 6.45) is 0. The molecule has 2 N–H and O–H groups in total. The summed E-state index contributed by atoms with van der Waals surface area (Å²) in [7, 11) is 0. The molecule has 7 heteroatoms. The Labute approximate surface area is 122 Å². The smallest absolute Gasteiger partial charge is 0.321 e. The first-order valence-electron chi connectivity index (χ1n) is 6.73. The van der Waals surface area contributed by atoms with Crippen molar-refractivity contribution in [1.82, 2.24) is 9.80 Å². The van der Waals surface area contributed by atoms with Crippen LogP contribution in [0.1, 0.15) is 5.56 Å². The summed E-state index contributed by atoms with van der Waals surface area (Å²) in [6, 6.07) is 5.37. The number of nitriles is 1. The molecule has 2 rings (SSSR count). The molecule has 1 aliphatic heterocycles. The summed E-state index contributed by atoms with van der Waals surface area (Å²) in [6.45, 7) is 3.27. The van der Waals surface area contributed by atoms with Gasteiger partial charge in [0.15, 0.2) is 0 Å². The lowest BCUT2D eigenvalue weighted by molar-refractivity contribution is 0.127. The monoisotopic (exact) mass is 292 g/mol. The molecule has 112 valence electrons. The fourth-order valence-corrected chi connectivity index (χ4v) is 2.21. The van der Waals surface area contributed by atoms with E-state index in [1.807, 2.05) is 0 Å². The molecule has 0 aliphatic carbocycles. The average Bonchev–Trinajstić information content (AvgIpc) is 2.50. The molecule has 21 heavy (non-hydrogen) atoms. The van der Waals surface area contributed by atoms with Gasteiger partial charge in [0.2, 0.25) is 0 Å². The number of halogens is 1. The van der Waals surface area contributed by atoms with Crippen molar-refractivity contribution in [2.45, 2.75) is 0 Å². The van der Waals surface area contributed by atoms with Gasteiger partial charge in [-0.2, -0.15) is 5.26 Å². The number of benzene rings is 1. The number of β-amino-alcohol motifs (C(OH)–C–C–N with tert-alkyl or cyclic N) is 1. The fraction of sp³-hybridized carbons (Fsp3) is 0.429. The van der Waals surface area contributed by atoms with Crippen molar-refractivity contribution in [3.05, 3.63) is 29.6 Å². The lowest BCUT2D eigenvalue weighted by Crippen LogP contribution is -2.50. The lowest BCUT2D eigenvalue weighted by Gasteiger charge is -2.34. The maximum Gasteiger partial charge on any atom is 0.321 e. The van der Waals surface area contributed by atoms with E-state index in [0.717, 1.165) is 6.07 Å². The SMILES string of the molecule is N#Cc1cc(NC(=O)N2CCN(CCO)CC2)ccc1F. The molecule has 1 fully saturated rings. The largest absolute Gasteiger partial charge is 0.395 e. The average molecular weight is 292 g/mol. The summed E-state index contributed by atoms with van der Waals surface area (Å²) in [4.78, 5) is 15.8. The summed E-state index contributed by atoms with van der Waals surface area (Å²) in [5, 5.41) is 20.3. The van der Waals surface area contributed by atoms with Crippen LogP contribution in [0.3, 0.4) is 0 Å². The van der Waals surface area contributed by atoms with Crippen molar-refractivity contribution >= 4 is 11.7 Å². The Morgan fingerprint density at radius 2 is 2.10 bits per heavy atom. The van der Waals surface area contributed by atoms with Gasteiger partial charge in [-0.05, 0) is 18.2 Å². The van der Waals surface area contributed by atoms with Crippen molar-refractivity contribution in [2.24, 2.45) is 0 Å². The van der Waals surface area contributed by atoms with Gasteiger partial charge in [-0.15, -0.1) is 0 Å². The topological polar surface area (TPSA) is 79.6 Å². The predicted molar refractivity (Wildman–Crippen MR) is 75.2 cm³/mol. The van der Waals surface area contributed by atoms with Gasteiger partial charge in [-0.25, -0.2) is 9.18 Å². The number of hydrogen-bond donors (Lipinski definition) is 2. The van der Waals surface area contributed by atoms with E-state index < -0.39 is 5.82 Å². The highest BCUT2D eigenvalue weighted by molar-refractivity contribution is 5.89. The van der Waals surface area contributed by atoms with Gasteiger partial charge in [0.25, 0.3) is 0 Å². The molecule has 0 aromatic heterocycles. The Kier molecular flexibility index (Phi) is 5.09. The van der Waals surface area contributed by atoms with Crippen molar-refractivity contribution in [3.63, 3.8) is 0 Å². The van der Waals surface area contributed by atoms with Crippen LogP contribution in [0.5, 0.6) is 0 Å². The van der Waals surface area contributed by atoms with Crippen LogP contribution in [0.15, 0.2) is 18.2 Å². The zero-order valence-electron chi connectivity index (χ0n) is 11.5. The molecule has 0 radical (unpaired) electrons. The van der Waals surface area contributed by atoms with Gasteiger partial charge in [0.05, 0.1) is 12.2 Å². The van der Waals surface area contributed by atoms with Crippen LogP contribution in [0.25, 0.3) is 0 Å². The van der Waals surface area contributed by atoms with E-state index in [4.69, 9.17) is 10.4 Å². The van der Waals surface area contributed by atoms with Crippen molar-refractivity contribution in [2.75, 3.05) is 44.6 Å². The van der Waals surface area contributed by atoms with Gasteiger partial charge in [-0.1, -0.05) is 0 Å². The summed E-state index contributed by atoms with van der Waals surface area (Å²) < 4.78 is 13.2. The van der Waals surface area contributed by atoms with Crippen LogP contribution >= 0.6 is 0 Å². The third kappa shape index (κ3) is 3.90. The number of nitrogens with one attached hydrogen (secondary N) is 1. The molecule has 0 spiro atoms. The first-order valence-corrected chi connectivity index (χ1v) is 6.73. The van der Waals surface area contributed by atoms with Gasteiger partial charge < -0.3 is 15.3 Å². The molecule has 1 heterocycles. The number of rotatable bonds is 3. The molecule has 1 aromatic rings. The molecule has 2 amide bonds. The molecule has 1 aromatic carbocycles. The molecule has 0 unspecified atom stereocenters. The van der Waals surface area contributed by atoms with Crippen molar-refractivity contribution in [1.29, 1.82) is 5.26 Å². The Hall–Kier alpha value is -2.17. The Bertz CT molecular complexity index is 550. The molecule has 0 atom stereocenters. The van der Waals surface area contributed by atoms with Gasteiger partial charge in [-0.3, -0.25) is 4.90 Å². The van der Waals surface area contributed by atoms with E-state index in [2.05, 4.69) is 10.2 Å². The van der Waals surface area contributed by atoms with Crippen LogP contribution < -0.4 is 5.32 Å². The van der Waals surface area contributed by atoms with E-state index in [1.165, 1.54) is 12.1 Å². The zero-order chi connectivity index (χ0) is 15.2. The minimum absolute atomic E-state index is 0.0967. The number of carbonyl (C=O) groups excluding carboxylic acids is 1. The number of anilines is 1. The molecule has 6 nitrogen and oxygen atoms in total. The van der Waals surface area contributed by atoms with Gasteiger partial charge in [0, 0.05) is 38.4 Å². The number of piperazine rings is 1. The maximum atomic E-state index is 13.2. The summed E-state index contributed by atoms with van der Waals surface area (Å²) in [5.41, 5.74) is 0.302. The number of urea groups is 1. The Balaban J connectivity index is 1.92. The third-order valence-corrected chi connectivity index (χ3v) is 3.41. The number of hydrogen-bond acceptors (Lipinski definition) is 4. The Morgan fingerprint density at radius 1 is 1.38 bits per heavy atom. The number of amides is 2. The third-order valence-electron chi connectivity index (χ3n) is 3.41. The molecular formula is C14H17FN4O2. The first kappa shape index (κ1) is 15.2. The van der Waals surface area contributed by atoms with Crippen LogP contribution in [0.4, 0.5) is 14.9 Å². The standard InChI is InChI=1S/C14H17FN4O2/c15-13-2-1-12(9-11(13)10-16)17-14(21)19-5-3-18(4-6-19)7-8-20/h1-2,9,20H,3-8H2,(H,17,21). The maximum absolute atomic E-state index is 13.2. The highest BCUT2D eigenvalue weighted by Gasteiger charge is 2.20. The highest BCUT2D eigenvalue weighted by Crippen LogP contribution is 2.15. The van der Waals surface area contributed by atoms with Crippen LogP contribution in [0, 0.1) is 17.1 Å². The predicted octanol–water partition coefficient (Wildman–Crippen LogP) is 0.839. The van der Waals surface area contributed by atoms with E-state index in [1.54, 1.807) is 11.0 Å². The van der Waals surface area contributed by atoms with E-state index >= 15 is 0 Å². The minimum Gasteiger partial charge on any atom is -0.395 e. The number of aliphatic hydroxyl groups is 1. The molecule has 1 aliphatic rings. The number of nitrogens with zero attached hydrogens (tertiary/aromatic N) is 3. The lowest BCUT2D eigenvalue weighted by atomic mass is 10.2. The second-order valence-corrected chi connectivity index (χ2v) is 4.79. The second-order valence-electron chi connectivity index (χ2n) is 4.79. The van der Waals surface area contributed by atoms with E-state index in [9.17, 15) is 9.18 Å². The van der Waals surface area contributed by atoms with Crippen molar-refractivity contribution in [3.8, 4) is 6.07 Å². The Morgan fingerprint density at radius 3 is 2.71 bits per heavy atom. The number of aliphatic hydroxyl groups excluding tert-OH is 1. The minimum atomic E-state index is -0.604. The number of carbonyl (C=O) groups is 1. The molecule has 1 saturated heterocycles. The first-order chi connectivity index (χ1) is 10.1. The highest BCUT2D eigenvalue weighted by atomic mass is 19.1.